The van der Waals surface area contributed by atoms with E-state index in [2.05, 4.69) is 20.5 Å². The smallest absolute Gasteiger partial charge is 0.251 e. The lowest BCUT2D eigenvalue weighted by Crippen LogP contribution is -2.35. The van der Waals surface area contributed by atoms with Gasteiger partial charge >= 0.3 is 0 Å². The maximum atomic E-state index is 12.4. The molecule has 24 heavy (non-hydrogen) atoms. The van der Waals surface area contributed by atoms with Crippen LogP contribution in [-0.2, 0) is 5.75 Å². The number of thioether (sulfide) groups is 1. The van der Waals surface area contributed by atoms with E-state index in [9.17, 15) is 4.79 Å². The number of carbonyl (C=O) groups excluding carboxylic acids is 1. The number of carbonyl (C=O) groups is 1. The van der Waals surface area contributed by atoms with E-state index in [0.717, 1.165) is 29.3 Å². The summed E-state index contributed by atoms with van der Waals surface area (Å²) in [6.45, 7) is 0. The Morgan fingerprint density at radius 3 is 2.50 bits per heavy atom. The van der Waals surface area contributed by atoms with Gasteiger partial charge in [0.1, 0.15) is 6.33 Å². The molecule has 0 bridgehead atoms. The van der Waals surface area contributed by atoms with Gasteiger partial charge in [-0.3, -0.25) is 9.89 Å². The highest BCUT2D eigenvalue weighted by Gasteiger charge is 2.15. The van der Waals surface area contributed by atoms with Crippen molar-refractivity contribution in [2.45, 2.75) is 61.9 Å². The van der Waals surface area contributed by atoms with Crippen molar-refractivity contribution in [3.8, 4) is 0 Å². The lowest BCUT2D eigenvalue weighted by atomic mass is 9.96. The third-order valence-electron chi connectivity index (χ3n) is 4.42. The van der Waals surface area contributed by atoms with Gasteiger partial charge in [-0.05, 0) is 30.5 Å². The molecule has 0 atom stereocenters. The molecule has 1 aliphatic carbocycles. The van der Waals surface area contributed by atoms with E-state index in [1.165, 1.54) is 44.0 Å². The fraction of sp³-hybridized carbons (Fsp3) is 0.500. The first-order valence-corrected chi connectivity index (χ1v) is 9.68. The molecule has 2 N–H and O–H groups in total. The SMILES string of the molecule is O=C(NC1CCCCCCC1)c1ccc(CSc2ncn[nH]2)cc1. The predicted octanol–water partition coefficient (Wildman–Crippen LogP) is 3.94. The topological polar surface area (TPSA) is 70.7 Å². The van der Waals surface area contributed by atoms with Crippen molar-refractivity contribution in [2.24, 2.45) is 0 Å². The molecule has 0 radical (unpaired) electrons. The molecule has 2 aromatic rings. The van der Waals surface area contributed by atoms with Gasteiger partial charge in [0.25, 0.3) is 5.91 Å². The largest absolute Gasteiger partial charge is 0.349 e. The van der Waals surface area contributed by atoms with Gasteiger partial charge in [-0.15, -0.1) is 0 Å². The van der Waals surface area contributed by atoms with E-state index < -0.39 is 0 Å². The number of nitrogens with zero attached hydrogens (tertiary/aromatic N) is 2. The van der Waals surface area contributed by atoms with Gasteiger partial charge in [-0.25, -0.2) is 4.98 Å². The molecule has 0 aliphatic heterocycles. The van der Waals surface area contributed by atoms with Crippen LogP contribution in [0.5, 0.6) is 0 Å². The average molecular weight is 344 g/mol. The minimum absolute atomic E-state index is 0.0509. The van der Waals surface area contributed by atoms with E-state index in [1.807, 2.05) is 24.3 Å². The van der Waals surface area contributed by atoms with Crippen molar-refractivity contribution < 1.29 is 4.79 Å². The molecule has 5 nitrogen and oxygen atoms in total. The van der Waals surface area contributed by atoms with Crippen LogP contribution in [0.2, 0.25) is 0 Å². The lowest BCUT2D eigenvalue weighted by molar-refractivity contribution is 0.0930. The highest BCUT2D eigenvalue weighted by atomic mass is 32.2. The molecular formula is C18H24N4OS. The van der Waals surface area contributed by atoms with Gasteiger partial charge < -0.3 is 5.32 Å². The first-order valence-electron chi connectivity index (χ1n) is 8.69. The molecule has 1 aromatic carbocycles. The maximum absolute atomic E-state index is 12.4. The summed E-state index contributed by atoms with van der Waals surface area (Å²) >= 11 is 1.60. The van der Waals surface area contributed by atoms with Gasteiger partial charge in [-0.2, -0.15) is 5.10 Å². The Balaban J connectivity index is 1.51. The number of hydrogen-bond donors (Lipinski definition) is 2. The van der Waals surface area contributed by atoms with E-state index >= 15 is 0 Å². The molecule has 1 heterocycles. The Hall–Kier alpha value is -1.82. The number of H-pyrrole nitrogens is 1. The number of aromatic amines is 1. The lowest BCUT2D eigenvalue weighted by Gasteiger charge is -2.21. The summed E-state index contributed by atoms with van der Waals surface area (Å²) in [4.78, 5) is 16.5. The molecule has 3 rings (SSSR count). The molecule has 1 amide bonds. The van der Waals surface area contributed by atoms with E-state index in [1.54, 1.807) is 11.8 Å². The quantitative estimate of drug-likeness (QED) is 0.806. The molecule has 1 aromatic heterocycles. The number of rotatable bonds is 5. The molecule has 0 unspecified atom stereocenters. The summed E-state index contributed by atoms with van der Waals surface area (Å²) in [6, 6.07) is 8.18. The van der Waals surface area contributed by atoms with Gasteiger partial charge in [-0.1, -0.05) is 56.0 Å². The number of hydrogen-bond acceptors (Lipinski definition) is 4. The van der Waals surface area contributed by atoms with Crippen molar-refractivity contribution in [3.05, 3.63) is 41.7 Å². The van der Waals surface area contributed by atoms with E-state index in [4.69, 9.17) is 0 Å². The molecule has 0 spiro atoms. The van der Waals surface area contributed by atoms with Crippen molar-refractivity contribution in [3.63, 3.8) is 0 Å². The van der Waals surface area contributed by atoms with Crippen LogP contribution in [0.15, 0.2) is 35.7 Å². The summed E-state index contributed by atoms with van der Waals surface area (Å²) in [5, 5.41) is 10.7. The second-order valence-corrected chi connectivity index (χ2v) is 7.26. The van der Waals surface area contributed by atoms with Crippen molar-refractivity contribution in [1.82, 2.24) is 20.5 Å². The third kappa shape index (κ3) is 5.09. The minimum Gasteiger partial charge on any atom is -0.349 e. The number of aromatic nitrogens is 3. The molecule has 128 valence electrons. The summed E-state index contributed by atoms with van der Waals surface area (Å²) in [5.41, 5.74) is 1.91. The first-order chi connectivity index (χ1) is 11.8. The van der Waals surface area contributed by atoms with Crippen molar-refractivity contribution in [1.29, 1.82) is 0 Å². The summed E-state index contributed by atoms with van der Waals surface area (Å²) in [7, 11) is 0. The average Bonchev–Trinajstić information content (AvgIpc) is 3.09. The third-order valence-corrected chi connectivity index (χ3v) is 5.37. The highest BCUT2D eigenvalue weighted by Crippen LogP contribution is 2.20. The number of benzene rings is 1. The Kier molecular flexibility index (Phi) is 6.29. The Bertz CT molecular complexity index is 619. The molecule has 1 saturated carbocycles. The second kappa shape index (κ2) is 8.87. The van der Waals surface area contributed by atoms with Crippen LogP contribution in [0.4, 0.5) is 0 Å². The molecule has 6 heteroatoms. The summed E-state index contributed by atoms with van der Waals surface area (Å²) in [5.74, 6) is 0.856. The minimum atomic E-state index is 0.0509. The normalized spacial score (nSPS) is 16.3. The van der Waals surface area contributed by atoms with Gasteiger partial charge in [0, 0.05) is 17.4 Å². The summed E-state index contributed by atoms with van der Waals surface area (Å²) < 4.78 is 0. The second-order valence-electron chi connectivity index (χ2n) is 6.29. The fourth-order valence-electron chi connectivity index (χ4n) is 3.04. The monoisotopic (exact) mass is 344 g/mol. The van der Waals surface area contributed by atoms with Crippen molar-refractivity contribution >= 4 is 17.7 Å². The molecular weight excluding hydrogens is 320 g/mol. The van der Waals surface area contributed by atoms with Crippen LogP contribution in [0.1, 0.15) is 60.9 Å². The highest BCUT2D eigenvalue weighted by molar-refractivity contribution is 7.98. The number of amides is 1. The van der Waals surface area contributed by atoms with Gasteiger partial charge in [0.05, 0.1) is 0 Å². The maximum Gasteiger partial charge on any atom is 0.251 e. The van der Waals surface area contributed by atoms with Crippen molar-refractivity contribution in [2.75, 3.05) is 0 Å². The van der Waals surface area contributed by atoms with Gasteiger partial charge in [0.15, 0.2) is 5.16 Å². The summed E-state index contributed by atoms with van der Waals surface area (Å²) in [6.07, 6.45) is 10.1. The zero-order chi connectivity index (χ0) is 16.6. The molecule has 1 aliphatic rings. The van der Waals surface area contributed by atoms with Crippen LogP contribution in [0.25, 0.3) is 0 Å². The molecule has 1 fully saturated rings. The van der Waals surface area contributed by atoms with Crippen LogP contribution >= 0.6 is 11.8 Å². The fourth-order valence-corrected chi connectivity index (χ4v) is 3.77. The zero-order valence-corrected chi connectivity index (χ0v) is 14.6. The van der Waals surface area contributed by atoms with Crippen LogP contribution in [-0.4, -0.2) is 27.1 Å². The van der Waals surface area contributed by atoms with E-state index in [0.29, 0.717) is 6.04 Å². The number of nitrogens with one attached hydrogen (secondary N) is 2. The Morgan fingerprint density at radius 2 is 1.83 bits per heavy atom. The van der Waals surface area contributed by atoms with E-state index in [-0.39, 0.29) is 5.91 Å². The van der Waals surface area contributed by atoms with Gasteiger partial charge in [0.2, 0.25) is 0 Å². The standard InChI is InChI=1S/C18H24N4OS/c23-17(21-16-6-4-2-1-3-5-7-16)15-10-8-14(9-11-15)12-24-18-19-13-20-22-18/h8-11,13,16H,1-7,12H2,(H,21,23)(H,19,20,22). The Morgan fingerprint density at radius 1 is 1.12 bits per heavy atom. The molecule has 0 saturated heterocycles. The zero-order valence-electron chi connectivity index (χ0n) is 13.8. The van der Waals surface area contributed by atoms with Crippen LogP contribution < -0.4 is 5.32 Å². The predicted molar refractivity (Wildman–Crippen MR) is 96.0 cm³/mol. The van der Waals surface area contributed by atoms with Crippen LogP contribution in [0, 0.1) is 0 Å². The Labute approximate surface area is 147 Å². The van der Waals surface area contributed by atoms with Crippen LogP contribution in [0.3, 0.4) is 0 Å². The first kappa shape index (κ1) is 17.0.